The Balaban J connectivity index is 2.29. The molecule has 0 atom stereocenters. The van der Waals surface area contributed by atoms with Crippen LogP contribution in [0, 0.1) is 0 Å². The summed E-state index contributed by atoms with van der Waals surface area (Å²) in [5.41, 5.74) is 0.142. The van der Waals surface area contributed by atoms with E-state index in [0.29, 0.717) is 12.4 Å². The van der Waals surface area contributed by atoms with E-state index >= 15 is 0 Å². The Morgan fingerprint density at radius 3 is 2.88 bits per heavy atom. The lowest BCUT2D eigenvalue weighted by atomic mass is 10.4. The van der Waals surface area contributed by atoms with E-state index in [0.717, 1.165) is 0 Å². The molecule has 0 aliphatic rings. The van der Waals surface area contributed by atoms with Crippen LogP contribution in [0.3, 0.4) is 0 Å². The van der Waals surface area contributed by atoms with Crippen LogP contribution in [0.25, 0.3) is 0 Å². The Hall–Kier alpha value is -2.18. The Kier molecular flexibility index (Phi) is 2.90. The van der Waals surface area contributed by atoms with Gasteiger partial charge in [-0.2, -0.15) is 10.2 Å². The SMILES string of the molecule is CC(C)n1ncnc1Cn1nccc1C(=O)O. The lowest BCUT2D eigenvalue weighted by Gasteiger charge is -2.09. The summed E-state index contributed by atoms with van der Waals surface area (Å²) in [7, 11) is 0. The van der Waals surface area contributed by atoms with Crippen LogP contribution in [0.5, 0.6) is 0 Å². The number of carboxylic acid groups (broad SMARTS) is 1. The fraction of sp³-hybridized carbons (Fsp3) is 0.400. The van der Waals surface area contributed by atoms with E-state index in [1.165, 1.54) is 23.3 Å². The number of aromatic nitrogens is 5. The average molecular weight is 235 g/mol. The van der Waals surface area contributed by atoms with Gasteiger partial charge >= 0.3 is 5.97 Å². The van der Waals surface area contributed by atoms with Crippen LogP contribution < -0.4 is 0 Å². The standard InChI is InChI=1S/C10H13N5O2/c1-7(2)15-9(11-6-13-15)5-14-8(10(16)17)3-4-12-14/h3-4,6-7H,5H2,1-2H3,(H,16,17). The fourth-order valence-corrected chi connectivity index (χ4v) is 1.59. The number of rotatable bonds is 4. The molecule has 7 heteroatoms. The van der Waals surface area contributed by atoms with Crippen molar-refractivity contribution in [2.24, 2.45) is 0 Å². The zero-order chi connectivity index (χ0) is 12.4. The topological polar surface area (TPSA) is 85.8 Å². The predicted molar refractivity (Wildman–Crippen MR) is 58.7 cm³/mol. The summed E-state index contributed by atoms with van der Waals surface area (Å²) in [5.74, 6) is -0.315. The van der Waals surface area contributed by atoms with E-state index < -0.39 is 5.97 Å². The zero-order valence-electron chi connectivity index (χ0n) is 9.61. The lowest BCUT2D eigenvalue weighted by Crippen LogP contribution is -2.16. The van der Waals surface area contributed by atoms with E-state index in [2.05, 4.69) is 15.2 Å². The molecule has 17 heavy (non-hydrogen) atoms. The molecule has 0 unspecified atom stereocenters. The maximum atomic E-state index is 10.9. The minimum absolute atomic E-state index is 0.142. The summed E-state index contributed by atoms with van der Waals surface area (Å²) in [4.78, 5) is 15.0. The summed E-state index contributed by atoms with van der Waals surface area (Å²) in [5, 5.41) is 17.0. The first-order valence-electron chi connectivity index (χ1n) is 5.23. The molecule has 0 spiro atoms. The van der Waals surface area contributed by atoms with Gasteiger partial charge in [-0.3, -0.25) is 4.68 Å². The molecule has 7 nitrogen and oxygen atoms in total. The van der Waals surface area contributed by atoms with Crippen molar-refractivity contribution in [1.29, 1.82) is 0 Å². The summed E-state index contributed by atoms with van der Waals surface area (Å²) in [6, 6.07) is 1.63. The molecule has 0 aliphatic carbocycles. The first kappa shape index (κ1) is 11.3. The summed E-state index contributed by atoms with van der Waals surface area (Å²) >= 11 is 0. The van der Waals surface area contributed by atoms with Gasteiger partial charge in [0.1, 0.15) is 24.4 Å². The van der Waals surface area contributed by atoms with Gasteiger partial charge in [0.2, 0.25) is 0 Å². The van der Waals surface area contributed by atoms with Crippen molar-refractivity contribution >= 4 is 5.97 Å². The van der Waals surface area contributed by atoms with Crippen LogP contribution in [-0.4, -0.2) is 35.6 Å². The minimum atomic E-state index is -1.00. The van der Waals surface area contributed by atoms with Gasteiger partial charge in [0.15, 0.2) is 0 Å². The van der Waals surface area contributed by atoms with Crippen molar-refractivity contribution in [2.75, 3.05) is 0 Å². The van der Waals surface area contributed by atoms with Gasteiger partial charge in [0.25, 0.3) is 0 Å². The highest BCUT2D eigenvalue weighted by Crippen LogP contribution is 2.08. The molecule has 0 aliphatic heterocycles. The second-order valence-corrected chi connectivity index (χ2v) is 3.89. The number of hydrogen-bond acceptors (Lipinski definition) is 4. The Bertz CT molecular complexity index is 528. The number of carboxylic acids is 1. The van der Waals surface area contributed by atoms with Crippen molar-refractivity contribution < 1.29 is 9.90 Å². The Morgan fingerprint density at radius 1 is 1.47 bits per heavy atom. The Labute approximate surface area is 97.7 Å². The highest BCUT2D eigenvalue weighted by Gasteiger charge is 2.14. The molecule has 0 saturated carbocycles. The maximum Gasteiger partial charge on any atom is 0.354 e. The number of aromatic carboxylic acids is 1. The average Bonchev–Trinajstić information content (AvgIpc) is 2.86. The van der Waals surface area contributed by atoms with Crippen LogP contribution in [0.4, 0.5) is 0 Å². The summed E-state index contributed by atoms with van der Waals surface area (Å²) in [6.07, 6.45) is 2.92. The van der Waals surface area contributed by atoms with Gasteiger partial charge in [-0.05, 0) is 19.9 Å². The predicted octanol–water partition coefficient (Wildman–Crippen LogP) is 0.802. The monoisotopic (exact) mass is 235 g/mol. The molecule has 2 aromatic rings. The molecule has 0 bridgehead atoms. The van der Waals surface area contributed by atoms with Gasteiger partial charge in [0, 0.05) is 12.2 Å². The van der Waals surface area contributed by atoms with E-state index in [1.54, 1.807) is 4.68 Å². The van der Waals surface area contributed by atoms with Gasteiger partial charge < -0.3 is 5.11 Å². The molecular formula is C10H13N5O2. The lowest BCUT2D eigenvalue weighted by molar-refractivity contribution is 0.0683. The summed E-state index contributed by atoms with van der Waals surface area (Å²) < 4.78 is 3.14. The molecule has 2 aromatic heterocycles. The highest BCUT2D eigenvalue weighted by molar-refractivity contribution is 5.85. The molecule has 2 rings (SSSR count). The summed E-state index contributed by atoms with van der Waals surface area (Å²) in [6.45, 7) is 4.27. The highest BCUT2D eigenvalue weighted by atomic mass is 16.4. The van der Waals surface area contributed by atoms with E-state index in [-0.39, 0.29) is 11.7 Å². The van der Waals surface area contributed by atoms with Crippen molar-refractivity contribution in [2.45, 2.75) is 26.4 Å². The third-order valence-electron chi connectivity index (χ3n) is 2.36. The number of hydrogen-bond donors (Lipinski definition) is 1. The van der Waals surface area contributed by atoms with E-state index in [1.807, 2.05) is 13.8 Å². The maximum absolute atomic E-state index is 10.9. The number of nitrogens with zero attached hydrogens (tertiary/aromatic N) is 5. The van der Waals surface area contributed by atoms with Crippen molar-refractivity contribution in [3.05, 3.63) is 30.1 Å². The van der Waals surface area contributed by atoms with E-state index in [9.17, 15) is 4.79 Å². The quantitative estimate of drug-likeness (QED) is 0.847. The van der Waals surface area contributed by atoms with E-state index in [4.69, 9.17) is 5.11 Å². The molecule has 0 aromatic carbocycles. The Morgan fingerprint density at radius 2 is 2.24 bits per heavy atom. The van der Waals surface area contributed by atoms with Gasteiger partial charge in [-0.1, -0.05) is 0 Å². The van der Waals surface area contributed by atoms with Crippen molar-refractivity contribution in [3.63, 3.8) is 0 Å². The molecule has 90 valence electrons. The first-order valence-corrected chi connectivity index (χ1v) is 5.23. The first-order chi connectivity index (χ1) is 8.09. The largest absolute Gasteiger partial charge is 0.477 e. The van der Waals surface area contributed by atoms with Crippen LogP contribution in [0.1, 0.15) is 36.2 Å². The molecule has 2 heterocycles. The second kappa shape index (κ2) is 4.36. The second-order valence-electron chi connectivity index (χ2n) is 3.89. The van der Waals surface area contributed by atoms with Crippen LogP contribution in [0.2, 0.25) is 0 Å². The normalized spacial score (nSPS) is 11.0. The van der Waals surface area contributed by atoms with Gasteiger partial charge in [-0.25, -0.2) is 14.5 Å². The third kappa shape index (κ3) is 2.17. The molecular weight excluding hydrogens is 222 g/mol. The smallest absolute Gasteiger partial charge is 0.354 e. The minimum Gasteiger partial charge on any atom is -0.477 e. The molecule has 0 fully saturated rings. The van der Waals surface area contributed by atoms with Crippen molar-refractivity contribution in [3.8, 4) is 0 Å². The molecule has 0 radical (unpaired) electrons. The number of carbonyl (C=O) groups is 1. The van der Waals surface area contributed by atoms with Gasteiger partial charge in [0.05, 0.1) is 0 Å². The van der Waals surface area contributed by atoms with Crippen molar-refractivity contribution in [1.82, 2.24) is 24.5 Å². The van der Waals surface area contributed by atoms with Crippen LogP contribution in [-0.2, 0) is 6.54 Å². The molecule has 0 amide bonds. The third-order valence-corrected chi connectivity index (χ3v) is 2.36. The van der Waals surface area contributed by atoms with Gasteiger partial charge in [-0.15, -0.1) is 0 Å². The molecule has 0 saturated heterocycles. The van der Waals surface area contributed by atoms with Crippen LogP contribution >= 0.6 is 0 Å². The van der Waals surface area contributed by atoms with Crippen LogP contribution in [0.15, 0.2) is 18.6 Å². The fourth-order valence-electron chi connectivity index (χ4n) is 1.59. The molecule has 1 N–H and O–H groups in total. The zero-order valence-corrected chi connectivity index (χ0v) is 9.61.